The molecule has 3 heterocycles. The smallest absolute Gasteiger partial charge is 0.326 e. The van der Waals surface area contributed by atoms with Gasteiger partial charge < -0.3 is 36.4 Å². The van der Waals surface area contributed by atoms with E-state index in [2.05, 4.69) is 20.6 Å². The zero-order chi connectivity index (χ0) is 23.7. The van der Waals surface area contributed by atoms with Crippen LogP contribution in [0.4, 0.5) is 23.1 Å². The van der Waals surface area contributed by atoms with Gasteiger partial charge in [0.1, 0.15) is 11.7 Å². The van der Waals surface area contributed by atoms with Crippen molar-refractivity contribution in [2.24, 2.45) is 0 Å². The zero-order valence-corrected chi connectivity index (χ0v) is 17.4. The lowest BCUT2D eigenvalue weighted by atomic mass is 10.1. The van der Waals surface area contributed by atoms with Gasteiger partial charge in [-0.25, -0.2) is 4.79 Å². The average molecular weight is 457 g/mol. The predicted molar refractivity (Wildman–Crippen MR) is 118 cm³/mol. The van der Waals surface area contributed by atoms with Crippen molar-refractivity contribution < 1.29 is 24.6 Å². The van der Waals surface area contributed by atoms with E-state index in [9.17, 15) is 24.3 Å². The predicted octanol–water partition coefficient (Wildman–Crippen LogP) is -0.522. The van der Waals surface area contributed by atoms with Gasteiger partial charge in [-0.15, -0.1) is 0 Å². The van der Waals surface area contributed by atoms with Gasteiger partial charge in [0.2, 0.25) is 5.95 Å². The Kier molecular flexibility index (Phi) is 5.77. The number of hydrogen-bond donors (Lipinski definition) is 6. The maximum Gasteiger partial charge on any atom is 0.326 e. The van der Waals surface area contributed by atoms with Crippen molar-refractivity contribution >= 4 is 41.0 Å². The van der Waals surface area contributed by atoms with Gasteiger partial charge in [0.25, 0.3) is 11.5 Å². The summed E-state index contributed by atoms with van der Waals surface area (Å²) in [5.41, 5.74) is 6.81. The number of nitrogens with one attached hydrogen (secondary N) is 3. The summed E-state index contributed by atoms with van der Waals surface area (Å²) < 4.78 is 0. The highest BCUT2D eigenvalue weighted by Crippen LogP contribution is 2.32. The number of H-pyrrole nitrogens is 1. The maximum atomic E-state index is 12.4. The van der Waals surface area contributed by atoms with Gasteiger partial charge in [-0.3, -0.25) is 19.4 Å². The van der Waals surface area contributed by atoms with Crippen LogP contribution in [0.15, 0.2) is 29.1 Å². The summed E-state index contributed by atoms with van der Waals surface area (Å²) in [6.45, 7) is 1.67. The minimum Gasteiger partial charge on any atom is -0.481 e. The third kappa shape index (κ3) is 4.51. The lowest BCUT2D eigenvalue weighted by Crippen LogP contribution is -2.44. The third-order valence-corrected chi connectivity index (χ3v) is 5.65. The van der Waals surface area contributed by atoms with Gasteiger partial charge >= 0.3 is 11.9 Å². The maximum absolute atomic E-state index is 12.4. The summed E-state index contributed by atoms with van der Waals surface area (Å²) in [6.07, 6.45) is -0.583. The van der Waals surface area contributed by atoms with Crippen LogP contribution < -0.4 is 31.7 Å². The van der Waals surface area contributed by atoms with Crippen molar-refractivity contribution in [2.75, 3.05) is 40.6 Å². The number of hydrogen-bond acceptors (Lipinski definition) is 9. The fraction of sp³-hybridized carbons (Fsp3) is 0.350. The Bertz CT molecular complexity index is 1150. The standard InChI is InChI=1S/C20H23N7O6/c21-20-24-16-15(18(31)25-20)27-9-26(8-12(27)7-22-16)11-3-1-10(2-4-11)17(30)23-13(19(32)33)5-6-14(28)29/h1-4,12-13H,5-9H2,(H,23,30)(H,28,29)(H,32,33)(H4,21,22,24,25,31)/t12-,13-/m1/s1. The van der Waals surface area contributed by atoms with Crippen LogP contribution in [0, 0.1) is 0 Å². The Hall–Kier alpha value is -4.29. The van der Waals surface area contributed by atoms with Crippen molar-refractivity contribution in [1.29, 1.82) is 0 Å². The second-order valence-corrected chi connectivity index (χ2v) is 7.86. The number of aromatic nitrogens is 2. The quantitative estimate of drug-likeness (QED) is 0.313. The van der Waals surface area contributed by atoms with Crippen molar-refractivity contribution in [1.82, 2.24) is 15.3 Å². The van der Waals surface area contributed by atoms with E-state index in [4.69, 9.17) is 10.8 Å². The van der Waals surface area contributed by atoms with Gasteiger partial charge in [0.15, 0.2) is 5.82 Å². The number of carboxylic acid groups (broad SMARTS) is 2. The van der Waals surface area contributed by atoms with Crippen LogP contribution >= 0.6 is 0 Å². The number of aliphatic carboxylic acids is 2. The molecule has 2 aliphatic rings. The molecule has 2 atom stereocenters. The second kappa shape index (κ2) is 8.68. The van der Waals surface area contributed by atoms with Gasteiger partial charge in [-0.1, -0.05) is 0 Å². The Morgan fingerprint density at radius 1 is 1.24 bits per heavy atom. The molecular formula is C20H23N7O6. The Balaban J connectivity index is 1.45. The first-order valence-corrected chi connectivity index (χ1v) is 10.2. The molecule has 7 N–H and O–H groups in total. The molecule has 0 aliphatic carbocycles. The largest absolute Gasteiger partial charge is 0.481 e. The molecule has 13 nitrogen and oxygen atoms in total. The molecule has 1 saturated heterocycles. The number of carboxylic acids is 2. The number of rotatable bonds is 7. The first kappa shape index (κ1) is 21.9. The number of aromatic amines is 1. The molecule has 1 amide bonds. The number of carbonyl (C=O) groups excluding carboxylic acids is 1. The topological polar surface area (TPSA) is 194 Å². The van der Waals surface area contributed by atoms with E-state index in [-0.39, 0.29) is 36.0 Å². The fourth-order valence-electron chi connectivity index (χ4n) is 4.00. The summed E-state index contributed by atoms with van der Waals surface area (Å²) in [5, 5.41) is 23.4. The number of nitrogens with zero attached hydrogens (tertiary/aromatic N) is 3. The molecule has 0 unspecified atom stereocenters. The fourth-order valence-corrected chi connectivity index (χ4v) is 4.00. The molecule has 0 saturated carbocycles. The minimum absolute atomic E-state index is 0.0394. The molecule has 1 aromatic heterocycles. The monoisotopic (exact) mass is 457 g/mol. The van der Waals surface area contributed by atoms with Crippen LogP contribution in [-0.4, -0.2) is 69.9 Å². The molecule has 33 heavy (non-hydrogen) atoms. The average Bonchev–Trinajstić information content (AvgIpc) is 3.20. The first-order chi connectivity index (χ1) is 15.7. The van der Waals surface area contributed by atoms with Crippen LogP contribution in [0.1, 0.15) is 23.2 Å². The van der Waals surface area contributed by atoms with Gasteiger partial charge in [-0.05, 0) is 30.7 Å². The van der Waals surface area contributed by atoms with Crippen LogP contribution in [-0.2, 0) is 9.59 Å². The van der Waals surface area contributed by atoms with Crippen LogP contribution in [0.5, 0.6) is 0 Å². The van der Waals surface area contributed by atoms with E-state index in [1.54, 1.807) is 24.3 Å². The molecular weight excluding hydrogens is 434 g/mol. The van der Waals surface area contributed by atoms with E-state index < -0.39 is 23.9 Å². The molecule has 1 aromatic carbocycles. The molecule has 2 aromatic rings. The van der Waals surface area contributed by atoms with E-state index in [1.807, 2.05) is 9.80 Å². The highest BCUT2D eigenvalue weighted by atomic mass is 16.4. The molecule has 0 bridgehead atoms. The lowest BCUT2D eigenvalue weighted by molar-refractivity contribution is -0.140. The summed E-state index contributed by atoms with van der Waals surface area (Å²) >= 11 is 0. The van der Waals surface area contributed by atoms with E-state index >= 15 is 0 Å². The number of carbonyl (C=O) groups is 3. The number of nitrogens with two attached hydrogens (primary N) is 1. The van der Waals surface area contributed by atoms with Crippen LogP contribution in [0.3, 0.4) is 0 Å². The molecule has 0 spiro atoms. The minimum atomic E-state index is -1.30. The van der Waals surface area contributed by atoms with E-state index in [0.717, 1.165) is 5.69 Å². The van der Waals surface area contributed by atoms with Crippen LogP contribution in [0.25, 0.3) is 0 Å². The number of amides is 1. The van der Waals surface area contributed by atoms with Gasteiger partial charge in [-0.2, -0.15) is 4.98 Å². The van der Waals surface area contributed by atoms with E-state index in [0.29, 0.717) is 31.3 Å². The Morgan fingerprint density at radius 2 is 1.97 bits per heavy atom. The molecule has 13 heteroatoms. The molecule has 2 aliphatic heterocycles. The summed E-state index contributed by atoms with van der Waals surface area (Å²) in [7, 11) is 0. The summed E-state index contributed by atoms with van der Waals surface area (Å²) in [4.78, 5) is 57.5. The zero-order valence-electron chi connectivity index (χ0n) is 17.4. The Labute approximate surface area is 187 Å². The van der Waals surface area contributed by atoms with Crippen molar-refractivity contribution in [2.45, 2.75) is 24.9 Å². The summed E-state index contributed by atoms with van der Waals surface area (Å²) in [6, 6.07) is 5.35. The summed E-state index contributed by atoms with van der Waals surface area (Å²) in [5.74, 6) is -2.55. The van der Waals surface area contributed by atoms with Crippen molar-refractivity contribution in [3.8, 4) is 0 Å². The third-order valence-electron chi connectivity index (χ3n) is 5.65. The molecule has 1 fully saturated rings. The van der Waals surface area contributed by atoms with Gasteiger partial charge in [0, 0.05) is 30.8 Å². The normalized spacial score (nSPS) is 17.5. The van der Waals surface area contributed by atoms with Crippen molar-refractivity contribution in [3.05, 3.63) is 40.2 Å². The number of anilines is 4. The number of benzene rings is 1. The SMILES string of the molecule is Nc1nc2c(c(=O)[nH]1)N1CN(c3ccc(C(=O)N[C@H](CCC(=O)O)C(=O)O)cc3)C[C@H]1CN2. The highest BCUT2D eigenvalue weighted by molar-refractivity contribution is 5.97. The lowest BCUT2D eigenvalue weighted by Gasteiger charge is -2.31. The Morgan fingerprint density at radius 3 is 2.64 bits per heavy atom. The van der Waals surface area contributed by atoms with E-state index in [1.165, 1.54) is 0 Å². The first-order valence-electron chi connectivity index (χ1n) is 10.2. The second-order valence-electron chi connectivity index (χ2n) is 7.86. The molecule has 4 rings (SSSR count). The van der Waals surface area contributed by atoms with Crippen molar-refractivity contribution in [3.63, 3.8) is 0 Å². The van der Waals surface area contributed by atoms with Crippen LogP contribution in [0.2, 0.25) is 0 Å². The number of fused-ring (bicyclic) bond motifs is 3. The highest BCUT2D eigenvalue weighted by Gasteiger charge is 2.37. The van der Waals surface area contributed by atoms with Gasteiger partial charge in [0.05, 0.1) is 12.7 Å². The molecule has 174 valence electrons. The molecule has 0 radical (unpaired) electrons. The number of nitrogen functional groups attached to an aromatic ring is 1.